The largest absolute Gasteiger partial charge is 0.377 e. The molecule has 1 saturated heterocycles. The van der Waals surface area contributed by atoms with Gasteiger partial charge in [-0.25, -0.2) is 0 Å². The van der Waals surface area contributed by atoms with E-state index in [0.717, 1.165) is 29.1 Å². The SMILES string of the molecule is COC1CN(c2ccc(CBr)cc2Cl)CC1OC. The Hall–Kier alpha value is -0.290. The Kier molecular flexibility index (Phi) is 4.90. The van der Waals surface area contributed by atoms with Gasteiger partial charge in [0, 0.05) is 32.6 Å². The van der Waals surface area contributed by atoms with Gasteiger partial charge in [-0.15, -0.1) is 0 Å². The van der Waals surface area contributed by atoms with Crippen molar-refractivity contribution >= 4 is 33.2 Å². The van der Waals surface area contributed by atoms with E-state index in [1.165, 1.54) is 5.56 Å². The van der Waals surface area contributed by atoms with Crippen molar-refractivity contribution < 1.29 is 9.47 Å². The summed E-state index contributed by atoms with van der Waals surface area (Å²) in [6.07, 6.45) is 0.198. The molecule has 1 heterocycles. The summed E-state index contributed by atoms with van der Waals surface area (Å²) in [6, 6.07) is 6.13. The second-order valence-corrected chi connectivity index (χ2v) is 5.34. The van der Waals surface area contributed by atoms with Gasteiger partial charge in [0.05, 0.1) is 10.7 Å². The number of benzene rings is 1. The Bertz CT molecular complexity index is 404. The van der Waals surface area contributed by atoms with Crippen molar-refractivity contribution in [1.82, 2.24) is 0 Å². The van der Waals surface area contributed by atoms with Crippen LogP contribution >= 0.6 is 27.5 Å². The fourth-order valence-corrected chi connectivity index (χ4v) is 2.95. The van der Waals surface area contributed by atoms with Crippen molar-refractivity contribution in [2.45, 2.75) is 17.5 Å². The van der Waals surface area contributed by atoms with Crippen molar-refractivity contribution in [3.05, 3.63) is 28.8 Å². The molecule has 1 aliphatic rings. The molecular formula is C13H17BrClNO2. The highest BCUT2D eigenvalue weighted by Gasteiger charge is 2.33. The predicted molar refractivity (Wildman–Crippen MR) is 77.9 cm³/mol. The summed E-state index contributed by atoms with van der Waals surface area (Å²) in [5.41, 5.74) is 2.22. The van der Waals surface area contributed by atoms with E-state index in [4.69, 9.17) is 21.1 Å². The highest BCUT2D eigenvalue weighted by Crippen LogP contribution is 2.31. The highest BCUT2D eigenvalue weighted by atomic mass is 79.9. The summed E-state index contributed by atoms with van der Waals surface area (Å²) in [7, 11) is 3.44. The van der Waals surface area contributed by atoms with Gasteiger partial charge in [0.15, 0.2) is 0 Å². The standard InChI is InChI=1S/C13H17BrClNO2/c1-17-12-7-16(8-13(12)18-2)11-4-3-9(6-14)5-10(11)15/h3-5,12-13H,6-8H2,1-2H3. The van der Waals surface area contributed by atoms with Gasteiger partial charge in [-0.1, -0.05) is 33.6 Å². The molecule has 0 N–H and O–H groups in total. The molecule has 1 aromatic rings. The number of alkyl halides is 1. The van der Waals surface area contributed by atoms with Gasteiger partial charge < -0.3 is 14.4 Å². The molecule has 5 heteroatoms. The summed E-state index contributed by atoms with van der Waals surface area (Å²) in [5, 5.41) is 1.59. The van der Waals surface area contributed by atoms with E-state index in [-0.39, 0.29) is 12.2 Å². The van der Waals surface area contributed by atoms with Crippen molar-refractivity contribution in [3.8, 4) is 0 Å². The smallest absolute Gasteiger partial charge is 0.102 e. The van der Waals surface area contributed by atoms with Crippen LogP contribution in [0, 0.1) is 0 Å². The molecule has 18 heavy (non-hydrogen) atoms. The number of rotatable bonds is 4. The van der Waals surface area contributed by atoms with Crippen LogP contribution in [-0.4, -0.2) is 39.5 Å². The van der Waals surface area contributed by atoms with Crippen molar-refractivity contribution in [3.63, 3.8) is 0 Å². The second kappa shape index (κ2) is 6.24. The van der Waals surface area contributed by atoms with Gasteiger partial charge in [-0.2, -0.15) is 0 Å². The molecule has 1 aliphatic heterocycles. The molecule has 2 atom stereocenters. The third kappa shape index (κ3) is 2.82. The number of halogens is 2. The van der Waals surface area contributed by atoms with Crippen molar-refractivity contribution in [2.24, 2.45) is 0 Å². The number of nitrogens with zero attached hydrogens (tertiary/aromatic N) is 1. The van der Waals surface area contributed by atoms with E-state index in [2.05, 4.69) is 33.0 Å². The first-order valence-corrected chi connectivity index (χ1v) is 7.34. The summed E-state index contributed by atoms with van der Waals surface area (Å²) < 4.78 is 10.9. The summed E-state index contributed by atoms with van der Waals surface area (Å²) in [6.45, 7) is 1.62. The van der Waals surface area contributed by atoms with E-state index in [1.54, 1.807) is 14.2 Å². The van der Waals surface area contributed by atoms with Crippen LogP contribution in [0.5, 0.6) is 0 Å². The Morgan fingerprint density at radius 1 is 1.28 bits per heavy atom. The monoisotopic (exact) mass is 333 g/mol. The van der Waals surface area contributed by atoms with E-state index < -0.39 is 0 Å². The Labute approximate surface area is 121 Å². The fraction of sp³-hybridized carbons (Fsp3) is 0.538. The van der Waals surface area contributed by atoms with Crippen LogP contribution < -0.4 is 4.90 Å². The zero-order valence-electron chi connectivity index (χ0n) is 10.5. The average Bonchev–Trinajstić information content (AvgIpc) is 2.81. The van der Waals surface area contributed by atoms with Crippen molar-refractivity contribution in [1.29, 1.82) is 0 Å². The van der Waals surface area contributed by atoms with Crippen molar-refractivity contribution in [2.75, 3.05) is 32.2 Å². The molecule has 100 valence electrons. The highest BCUT2D eigenvalue weighted by molar-refractivity contribution is 9.08. The summed E-state index contributed by atoms with van der Waals surface area (Å²) in [5.74, 6) is 0. The first-order valence-electron chi connectivity index (χ1n) is 5.84. The van der Waals surface area contributed by atoms with Gasteiger partial charge in [0.25, 0.3) is 0 Å². The minimum Gasteiger partial charge on any atom is -0.377 e. The third-order valence-electron chi connectivity index (χ3n) is 3.33. The van der Waals surface area contributed by atoms with E-state index in [1.807, 2.05) is 6.07 Å². The Morgan fingerprint density at radius 2 is 1.89 bits per heavy atom. The molecule has 0 bridgehead atoms. The molecule has 3 nitrogen and oxygen atoms in total. The minimum absolute atomic E-state index is 0.0990. The van der Waals surface area contributed by atoms with Crippen LogP contribution in [0.25, 0.3) is 0 Å². The molecule has 2 unspecified atom stereocenters. The maximum atomic E-state index is 6.33. The van der Waals surface area contributed by atoms with Crippen LogP contribution in [0.1, 0.15) is 5.56 Å². The summed E-state index contributed by atoms with van der Waals surface area (Å²) >= 11 is 9.75. The Balaban J connectivity index is 2.18. The average molecular weight is 335 g/mol. The van der Waals surface area contributed by atoms with E-state index >= 15 is 0 Å². The predicted octanol–water partition coefficient (Wildman–Crippen LogP) is 3.08. The van der Waals surface area contributed by atoms with Gasteiger partial charge in [0.2, 0.25) is 0 Å². The molecule has 0 saturated carbocycles. The molecular weight excluding hydrogens is 318 g/mol. The molecule has 0 radical (unpaired) electrons. The molecule has 1 fully saturated rings. The summed E-state index contributed by atoms with van der Waals surface area (Å²) in [4.78, 5) is 2.21. The van der Waals surface area contributed by atoms with Crippen LogP contribution in [0.3, 0.4) is 0 Å². The molecule has 0 aromatic heterocycles. The quantitative estimate of drug-likeness (QED) is 0.790. The lowest BCUT2D eigenvalue weighted by Gasteiger charge is -2.19. The second-order valence-electron chi connectivity index (χ2n) is 4.37. The molecule has 0 amide bonds. The molecule has 0 aliphatic carbocycles. The zero-order chi connectivity index (χ0) is 13.1. The zero-order valence-corrected chi connectivity index (χ0v) is 12.9. The van der Waals surface area contributed by atoms with Gasteiger partial charge in [-0.3, -0.25) is 0 Å². The number of hydrogen-bond donors (Lipinski definition) is 0. The Morgan fingerprint density at radius 3 is 2.33 bits per heavy atom. The third-order valence-corrected chi connectivity index (χ3v) is 4.28. The maximum absolute atomic E-state index is 6.33. The molecule has 2 rings (SSSR count). The van der Waals surface area contributed by atoms with Gasteiger partial charge >= 0.3 is 0 Å². The van der Waals surface area contributed by atoms with Crippen LogP contribution in [0.2, 0.25) is 5.02 Å². The number of hydrogen-bond acceptors (Lipinski definition) is 3. The first-order chi connectivity index (χ1) is 8.69. The van der Waals surface area contributed by atoms with Gasteiger partial charge in [-0.05, 0) is 17.7 Å². The lowest BCUT2D eigenvalue weighted by atomic mass is 10.2. The van der Waals surface area contributed by atoms with E-state index in [9.17, 15) is 0 Å². The van der Waals surface area contributed by atoms with E-state index in [0.29, 0.717) is 0 Å². The number of methoxy groups -OCH3 is 2. The molecule has 0 spiro atoms. The minimum atomic E-state index is 0.0990. The van der Waals surface area contributed by atoms with Crippen LogP contribution in [-0.2, 0) is 14.8 Å². The normalized spacial score (nSPS) is 23.7. The first kappa shape index (κ1) is 14.1. The lowest BCUT2D eigenvalue weighted by Crippen LogP contribution is -2.27. The van der Waals surface area contributed by atoms with Crippen LogP contribution in [0.15, 0.2) is 18.2 Å². The number of ether oxygens (including phenoxy) is 2. The molecule has 1 aromatic carbocycles. The number of anilines is 1. The maximum Gasteiger partial charge on any atom is 0.102 e. The lowest BCUT2D eigenvalue weighted by molar-refractivity contribution is -0.00461. The van der Waals surface area contributed by atoms with Gasteiger partial charge in [0.1, 0.15) is 12.2 Å². The fourth-order valence-electron chi connectivity index (χ4n) is 2.28. The van der Waals surface area contributed by atoms with Crippen LogP contribution in [0.4, 0.5) is 5.69 Å². The topological polar surface area (TPSA) is 21.7 Å².